The van der Waals surface area contributed by atoms with Crippen LogP contribution in [0.5, 0.6) is 0 Å². The Morgan fingerprint density at radius 1 is 0.252 bits per heavy atom. The molecule has 0 unspecified atom stereocenters. The molecule has 0 N–H and O–H groups in total. The lowest BCUT2D eigenvalue weighted by Crippen LogP contribution is -2.31. The molecule has 0 aliphatic heterocycles. The van der Waals surface area contributed by atoms with Gasteiger partial charge < -0.3 is 0 Å². The van der Waals surface area contributed by atoms with Crippen molar-refractivity contribution in [2.24, 2.45) is 40.7 Å². The van der Waals surface area contributed by atoms with Gasteiger partial charge in [0.05, 0.1) is 27.6 Å². The summed E-state index contributed by atoms with van der Waals surface area (Å²) in [7, 11) is 10.5. The molecule has 10 heteroatoms. The van der Waals surface area contributed by atoms with Crippen molar-refractivity contribution in [1.29, 1.82) is 0 Å². The third-order valence-corrected chi connectivity index (χ3v) is 23.4. The molecule has 20 rings (SSSR count). The van der Waals surface area contributed by atoms with Crippen LogP contribution in [0.4, 0.5) is 0 Å². The van der Waals surface area contributed by atoms with E-state index in [0.29, 0.717) is 0 Å². The first-order valence-corrected chi connectivity index (χ1v) is 41.1. The van der Waals surface area contributed by atoms with E-state index in [0.717, 1.165) is 34.0 Å². The lowest BCUT2D eigenvalue weighted by molar-refractivity contribution is -0.660. The number of nitrogens with zero attached hydrogens (tertiary/aromatic N) is 10. The van der Waals surface area contributed by atoms with Crippen molar-refractivity contribution in [1.82, 2.24) is 24.9 Å². The number of fused-ring (bicyclic) bond motifs is 15. The zero-order chi connectivity index (χ0) is 83.1. The molecule has 0 radical (unpaired) electrons. The van der Waals surface area contributed by atoms with Crippen LogP contribution in [0, 0.1) is 67.7 Å². The molecule has 0 spiro atoms. The molecule has 20 aromatic rings. The predicted molar refractivity (Wildman–Crippen MR) is 495 cm³/mol. The van der Waals surface area contributed by atoms with Gasteiger partial charge in [-0.25, -0.2) is 22.8 Å². The quantitative estimate of drug-likeness (QED) is 0.122. The van der Waals surface area contributed by atoms with Crippen LogP contribution in [0.1, 0.15) is 76.4 Å². The first kappa shape index (κ1) is 79.2. The molecule has 584 valence electrons. The molecule has 0 amide bonds. The van der Waals surface area contributed by atoms with Crippen LogP contribution in [0.25, 0.3) is 165 Å². The van der Waals surface area contributed by atoms with E-state index in [-0.39, 0.29) is 5.41 Å². The second kappa shape index (κ2) is 33.1. The number of hydrogen-bond acceptors (Lipinski definition) is 5. The van der Waals surface area contributed by atoms with E-state index in [2.05, 4.69) is 409 Å². The zero-order valence-electron chi connectivity index (χ0n) is 71.5. The summed E-state index contributed by atoms with van der Waals surface area (Å²) in [5.74, 6) is 0. The topological polar surface area (TPSA) is 83.9 Å². The van der Waals surface area contributed by atoms with E-state index in [9.17, 15) is 0 Å². The van der Waals surface area contributed by atoms with Crippen molar-refractivity contribution in [3.8, 4) is 56.3 Å². The van der Waals surface area contributed by atoms with Gasteiger partial charge in [-0.05, 0) is 243 Å². The number of aromatic nitrogens is 10. The number of para-hydroxylation sites is 4. The third kappa shape index (κ3) is 16.5. The molecule has 0 fully saturated rings. The average Bonchev–Trinajstić information content (AvgIpc) is 0.785. The van der Waals surface area contributed by atoms with Gasteiger partial charge in [0.15, 0.2) is 31.0 Å². The molecule has 0 aliphatic carbocycles. The smallest absolute Gasteiger partial charge is 0.212 e. The Balaban J connectivity index is 0.000000111. The average molecular weight is 1550 g/mol. The first-order chi connectivity index (χ1) is 57.4. The van der Waals surface area contributed by atoms with Crippen molar-refractivity contribution >= 4 is 108 Å². The van der Waals surface area contributed by atoms with Gasteiger partial charge in [-0.2, -0.15) is 0 Å². The van der Waals surface area contributed by atoms with Crippen LogP contribution in [0.2, 0.25) is 0 Å². The predicted octanol–water partition coefficient (Wildman–Crippen LogP) is 23.8. The number of hydrogen-bond donors (Lipinski definition) is 0. The lowest BCUT2D eigenvalue weighted by Gasteiger charge is -2.18. The Hall–Kier alpha value is -13.7. The molecule has 0 aliphatic rings. The fourth-order valence-corrected chi connectivity index (χ4v) is 17.0. The Kier molecular flexibility index (Phi) is 22.0. The van der Waals surface area contributed by atoms with Gasteiger partial charge in [-0.3, -0.25) is 24.9 Å². The van der Waals surface area contributed by atoms with Gasteiger partial charge in [0.25, 0.3) is 0 Å². The van der Waals surface area contributed by atoms with Crippen LogP contribution < -0.4 is 22.8 Å². The number of rotatable bonds is 6. The highest BCUT2D eigenvalue weighted by Crippen LogP contribution is 2.38. The normalized spacial score (nSPS) is 11.4. The highest BCUT2D eigenvalue weighted by Gasteiger charge is 2.23. The van der Waals surface area contributed by atoms with Gasteiger partial charge >= 0.3 is 0 Å². The van der Waals surface area contributed by atoms with Crippen LogP contribution >= 0.6 is 0 Å². The minimum atomic E-state index is 0.275. The third-order valence-electron chi connectivity index (χ3n) is 23.4. The maximum absolute atomic E-state index is 4.62. The largest absolute Gasteiger partial charge is 0.256 e. The van der Waals surface area contributed by atoms with Crippen LogP contribution in [-0.2, 0) is 41.7 Å². The van der Waals surface area contributed by atoms with E-state index in [1.165, 1.54) is 193 Å². The molecule has 0 saturated heterocycles. The summed E-state index contributed by atoms with van der Waals surface area (Å²) in [6, 6.07) is 86.6. The lowest BCUT2D eigenvalue weighted by atomic mass is 9.87. The summed E-state index contributed by atoms with van der Waals surface area (Å²) in [6.07, 6.45) is 21.6. The minimum absolute atomic E-state index is 0.275. The second-order valence-electron chi connectivity index (χ2n) is 33.7. The fraction of sp³-hybridized carbons (Fsp3) is 0.174. The number of aryl methyl sites for hydroxylation is 14. The summed E-state index contributed by atoms with van der Waals surface area (Å²) in [5.41, 5.74) is 31.1. The van der Waals surface area contributed by atoms with Crippen molar-refractivity contribution in [2.45, 2.75) is 89.5 Å². The number of pyridine rings is 10. The van der Waals surface area contributed by atoms with Crippen molar-refractivity contribution in [2.75, 3.05) is 0 Å². The Morgan fingerprint density at radius 2 is 0.639 bits per heavy atom. The Labute approximate surface area is 698 Å². The molecule has 10 aromatic carbocycles. The second-order valence-corrected chi connectivity index (χ2v) is 33.7. The van der Waals surface area contributed by atoms with Crippen LogP contribution in [0.3, 0.4) is 0 Å². The van der Waals surface area contributed by atoms with Gasteiger partial charge in [0.2, 0.25) is 28.5 Å². The maximum atomic E-state index is 4.62. The molecule has 0 atom stereocenters. The Bertz CT molecular complexity index is 7380. The molecule has 0 bridgehead atoms. The van der Waals surface area contributed by atoms with Gasteiger partial charge in [0, 0.05) is 172 Å². The molecule has 10 heterocycles. The van der Waals surface area contributed by atoms with Crippen LogP contribution in [-0.4, -0.2) is 24.9 Å². The highest BCUT2D eigenvalue weighted by molar-refractivity contribution is 6.11. The van der Waals surface area contributed by atoms with Gasteiger partial charge in [-0.15, -0.1) is 0 Å². The first-order valence-electron chi connectivity index (χ1n) is 41.1. The van der Waals surface area contributed by atoms with E-state index in [1.807, 2.05) is 61.3 Å². The van der Waals surface area contributed by atoms with E-state index in [1.54, 1.807) is 0 Å². The van der Waals surface area contributed by atoms with E-state index >= 15 is 0 Å². The summed E-state index contributed by atoms with van der Waals surface area (Å²) in [4.78, 5) is 23.0. The summed E-state index contributed by atoms with van der Waals surface area (Å²) in [6.45, 7) is 26.4. The van der Waals surface area contributed by atoms with Crippen molar-refractivity contribution in [3.05, 3.63) is 360 Å². The molecular weight excluding hydrogens is 1450 g/mol. The van der Waals surface area contributed by atoms with Gasteiger partial charge in [-0.1, -0.05) is 118 Å². The monoisotopic (exact) mass is 1550 g/mol. The van der Waals surface area contributed by atoms with E-state index < -0.39 is 0 Å². The number of benzene rings is 10. The molecule has 10 nitrogen and oxygen atoms in total. The van der Waals surface area contributed by atoms with Crippen molar-refractivity contribution in [3.63, 3.8) is 0 Å². The fourth-order valence-electron chi connectivity index (χ4n) is 17.0. The van der Waals surface area contributed by atoms with Crippen molar-refractivity contribution < 1.29 is 22.8 Å². The highest BCUT2D eigenvalue weighted by atomic mass is 14.9. The summed E-state index contributed by atoms with van der Waals surface area (Å²) in [5, 5.41) is 18.3. The summed E-state index contributed by atoms with van der Waals surface area (Å²) < 4.78 is 11.0. The Morgan fingerprint density at radius 3 is 1.10 bits per heavy atom. The standard InChI is InChI=1S/C25H27N2.C22H21N2.2C21H19N2.C20H17N2/c1-17-12-19-16-26-23-9-7-6-8-20(23)22(19)14-21(17)24-13-18(10-11-27(24)5)15-25(2,3)4;1-14-10-22(24(4)13-16(14)3)19-11-20-17(9-15(19)2)12-23-21-8-6-5-7-18(20)21;1-14-8-9-21(23(3)13-14)18-11-19-16(10-15(18)2)12-22-20-7-5-4-6-17(19)20;1-14-8-9-23(3)21(10-14)18-12-19-16(11-15(18)2)13-22-20-7-5-4-6-17(19)20;1-14-12-16-9-8-15-6-5-10-21-20(15)18(16)13-17(14)19-7-3-4-11-22(19)2/h6-14,16H,15H2,1-5H3;5-13H,1-4H3;2*4-13H,1-3H3;3-13H,1-2H3/q5*+1. The summed E-state index contributed by atoms with van der Waals surface area (Å²) >= 11 is 0. The maximum Gasteiger partial charge on any atom is 0.212 e. The van der Waals surface area contributed by atoms with Crippen LogP contribution in [0.15, 0.2) is 305 Å². The SMILES string of the molecule is Cc1cc(-c2cc3c(cnc4ccccc43)cc2C)[n+](C)cc1C.Cc1cc2ccc3cccnc3c2cc1-c1cccc[n+]1C.Cc1cc2cnc3ccccc3c2cc1-c1cc(CC(C)(C)C)cc[n+]1C.Cc1cc[n+](C)c(-c2cc3c(cnc4ccccc43)cc2C)c1.Cc1ccc(-c2cc3c(cnc4ccccc43)cc2C)[n+](C)c1. The van der Waals surface area contributed by atoms with Gasteiger partial charge in [0.1, 0.15) is 35.2 Å². The molecule has 10 aromatic heterocycles. The molecule has 119 heavy (non-hydrogen) atoms. The van der Waals surface area contributed by atoms with E-state index in [4.69, 9.17) is 0 Å². The minimum Gasteiger partial charge on any atom is -0.256 e. The molecular formula is C109H103N10+5. The molecule has 0 saturated carbocycles. The zero-order valence-corrected chi connectivity index (χ0v) is 71.5.